The maximum absolute atomic E-state index is 12.1. The first-order valence-electron chi connectivity index (χ1n) is 7.01. The van der Waals surface area contributed by atoms with Crippen molar-refractivity contribution in [2.45, 2.75) is 0 Å². The lowest BCUT2D eigenvalue weighted by Gasteiger charge is -2.08. The first kappa shape index (κ1) is 13.9. The van der Waals surface area contributed by atoms with Crippen molar-refractivity contribution >= 4 is 11.7 Å². The molecule has 1 N–H and O–H groups in total. The molecule has 0 spiro atoms. The highest BCUT2D eigenvalue weighted by Crippen LogP contribution is 2.20. The molecular weight excluding hydrogens is 274 g/mol. The van der Waals surface area contributed by atoms with Gasteiger partial charge in [0.15, 0.2) is 0 Å². The minimum Gasteiger partial charge on any atom is -0.338 e. The van der Waals surface area contributed by atoms with E-state index < -0.39 is 5.97 Å². The van der Waals surface area contributed by atoms with Gasteiger partial charge in [-0.05, 0) is 35.4 Å². The molecule has 0 amide bonds. The lowest BCUT2D eigenvalue weighted by Crippen LogP contribution is -2.10. The van der Waals surface area contributed by atoms with Gasteiger partial charge in [0.25, 0.3) is 0 Å². The van der Waals surface area contributed by atoms with Crippen molar-refractivity contribution in [3.8, 4) is 11.1 Å². The molecule has 22 heavy (non-hydrogen) atoms. The second-order valence-electron chi connectivity index (χ2n) is 4.80. The molecule has 3 aromatic carbocycles. The number of hydrogen-bond donors (Lipinski definition) is 1. The van der Waals surface area contributed by atoms with Gasteiger partial charge in [-0.3, -0.25) is 0 Å². The highest BCUT2D eigenvalue weighted by atomic mass is 16.7. The summed E-state index contributed by atoms with van der Waals surface area (Å²) in [5.74, 6) is -0.415. The monoisotopic (exact) mass is 289 g/mol. The molecule has 0 saturated heterocycles. The Morgan fingerprint density at radius 2 is 1.36 bits per heavy atom. The van der Waals surface area contributed by atoms with Crippen LogP contribution in [0, 0.1) is 0 Å². The average Bonchev–Trinajstić information content (AvgIpc) is 2.61. The molecule has 0 aliphatic heterocycles. The van der Waals surface area contributed by atoms with Crippen molar-refractivity contribution in [1.82, 2.24) is 0 Å². The summed E-state index contributed by atoms with van der Waals surface area (Å²) in [6.07, 6.45) is 0. The molecule has 0 aliphatic rings. The van der Waals surface area contributed by atoms with Gasteiger partial charge in [0.2, 0.25) is 0 Å². The van der Waals surface area contributed by atoms with E-state index in [0.29, 0.717) is 5.56 Å². The maximum Gasteiger partial charge on any atom is 0.362 e. The highest BCUT2D eigenvalue weighted by Gasteiger charge is 2.09. The Morgan fingerprint density at radius 3 is 2.09 bits per heavy atom. The number of hydrogen-bond acceptors (Lipinski definition) is 3. The minimum atomic E-state index is -0.415. The van der Waals surface area contributed by atoms with Crippen LogP contribution in [0.2, 0.25) is 0 Å². The Labute approximate surface area is 129 Å². The summed E-state index contributed by atoms with van der Waals surface area (Å²) >= 11 is 0. The van der Waals surface area contributed by atoms with Crippen LogP contribution in [0.4, 0.5) is 5.69 Å². The SMILES string of the molecule is O=C(ONc1ccccc1)c1cccc(-c2ccccc2)c1. The quantitative estimate of drug-likeness (QED) is 0.717. The predicted octanol–water partition coefficient (Wildman–Crippen LogP) is 4.54. The fourth-order valence-corrected chi connectivity index (χ4v) is 2.13. The predicted molar refractivity (Wildman–Crippen MR) is 87.4 cm³/mol. The molecular formula is C19H15NO2. The molecule has 0 radical (unpaired) electrons. The molecule has 0 aliphatic carbocycles. The van der Waals surface area contributed by atoms with E-state index in [0.717, 1.165) is 16.8 Å². The summed E-state index contributed by atoms with van der Waals surface area (Å²) < 4.78 is 0. The van der Waals surface area contributed by atoms with E-state index in [1.165, 1.54) is 0 Å². The van der Waals surface area contributed by atoms with E-state index in [2.05, 4.69) is 5.48 Å². The summed E-state index contributed by atoms with van der Waals surface area (Å²) in [6.45, 7) is 0. The Hall–Kier alpha value is -3.07. The van der Waals surface area contributed by atoms with Crippen molar-refractivity contribution in [2.75, 3.05) is 5.48 Å². The second-order valence-corrected chi connectivity index (χ2v) is 4.80. The molecule has 0 aromatic heterocycles. The third-order valence-corrected chi connectivity index (χ3v) is 3.24. The van der Waals surface area contributed by atoms with Gasteiger partial charge in [0.05, 0.1) is 11.3 Å². The van der Waals surface area contributed by atoms with Crippen LogP contribution in [0.3, 0.4) is 0 Å². The van der Waals surface area contributed by atoms with Crippen molar-refractivity contribution in [3.05, 3.63) is 90.5 Å². The average molecular weight is 289 g/mol. The lowest BCUT2D eigenvalue weighted by atomic mass is 10.0. The zero-order valence-electron chi connectivity index (χ0n) is 11.9. The van der Waals surface area contributed by atoms with Crippen LogP contribution >= 0.6 is 0 Å². The third-order valence-electron chi connectivity index (χ3n) is 3.24. The highest BCUT2D eigenvalue weighted by molar-refractivity contribution is 5.91. The van der Waals surface area contributed by atoms with E-state index in [1.54, 1.807) is 6.07 Å². The molecule has 3 rings (SSSR count). The van der Waals surface area contributed by atoms with Crippen LogP contribution in [0.15, 0.2) is 84.9 Å². The van der Waals surface area contributed by atoms with Crippen molar-refractivity contribution in [3.63, 3.8) is 0 Å². The van der Waals surface area contributed by atoms with Crippen LogP contribution < -0.4 is 5.48 Å². The zero-order chi connectivity index (χ0) is 15.2. The molecule has 0 saturated carbocycles. The smallest absolute Gasteiger partial charge is 0.338 e. The number of anilines is 1. The Morgan fingerprint density at radius 1 is 0.727 bits per heavy atom. The fourth-order valence-electron chi connectivity index (χ4n) is 2.13. The minimum absolute atomic E-state index is 0.415. The number of para-hydroxylation sites is 1. The van der Waals surface area contributed by atoms with Crippen LogP contribution in [0.1, 0.15) is 10.4 Å². The van der Waals surface area contributed by atoms with Crippen LogP contribution in [0.5, 0.6) is 0 Å². The van der Waals surface area contributed by atoms with E-state index >= 15 is 0 Å². The van der Waals surface area contributed by atoms with Crippen molar-refractivity contribution in [2.24, 2.45) is 0 Å². The Kier molecular flexibility index (Phi) is 4.16. The number of nitrogens with one attached hydrogen (secondary N) is 1. The van der Waals surface area contributed by atoms with Crippen LogP contribution in [-0.4, -0.2) is 5.97 Å². The molecule has 0 bridgehead atoms. The fraction of sp³-hybridized carbons (Fsp3) is 0. The van der Waals surface area contributed by atoms with Gasteiger partial charge in [-0.1, -0.05) is 60.7 Å². The Bertz CT molecular complexity index is 755. The lowest BCUT2D eigenvalue weighted by molar-refractivity contribution is 0.0596. The molecule has 0 atom stereocenters. The summed E-state index contributed by atoms with van der Waals surface area (Å²) in [5.41, 5.74) is 5.93. The van der Waals surface area contributed by atoms with Gasteiger partial charge in [-0.25, -0.2) is 10.3 Å². The molecule has 0 heterocycles. The van der Waals surface area contributed by atoms with Gasteiger partial charge < -0.3 is 4.84 Å². The topological polar surface area (TPSA) is 38.3 Å². The van der Waals surface area contributed by atoms with E-state index in [-0.39, 0.29) is 0 Å². The number of rotatable bonds is 4. The Balaban J connectivity index is 1.73. The molecule has 108 valence electrons. The number of benzene rings is 3. The number of carbonyl (C=O) groups is 1. The number of carbonyl (C=O) groups excluding carboxylic acids is 1. The van der Waals surface area contributed by atoms with Gasteiger partial charge in [0, 0.05) is 0 Å². The van der Waals surface area contributed by atoms with Gasteiger partial charge in [0.1, 0.15) is 0 Å². The summed E-state index contributed by atoms with van der Waals surface area (Å²) in [7, 11) is 0. The van der Waals surface area contributed by atoms with Crippen LogP contribution in [-0.2, 0) is 4.84 Å². The van der Waals surface area contributed by atoms with E-state index in [1.807, 2.05) is 78.9 Å². The van der Waals surface area contributed by atoms with Crippen molar-refractivity contribution < 1.29 is 9.63 Å². The van der Waals surface area contributed by atoms with Gasteiger partial charge in [-0.2, -0.15) is 0 Å². The first-order chi connectivity index (χ1) is 10.8. The van der Waals surface area contributed by atoms with E-state index in [9.17, 15) is 4.79 Å². The first-order valence-corrected chi connectivity index (χ1v) is 7.01. The normalized spacial score (nSPS) is 10.0. The maximum atomic E-state index is 12.1. The van der Waals surface area contributed by atoms with Crippen molar-refractivity contribution in [1.29, 1.82) is 0 Å². The summed E-state index contributed by atoms with van der Waals surface area (Å²) in [5, 5.41) is 0. The summed E-state index contributed by atoms with van der Waals surface area (Å²) in [4.78, 5) is 17.2. The second kappa shape index (κ2) is 6.59. The molecule has 0 unspecified atom stereocenters. The van der Waals surface area contributed by atoms with Gasteiger partial charge in [-0.15, -0.1) is 0 Å². The largest absolute Gasteiger partial charge is 0.362 e. The van der Waals surface area contributed by atoms with E-state index in [4.69, 9.17) is 4.84 Å². The van der Waals surface area contributed by atoms with Crippen LogP contribution in [0.25, 0.3) is 11.1 Å². The third kappa shape index (κ3) is 3.33. The molecule has 3 aromatic rings. The zero-order valence-corrected chi connectivity index (χ0v) is 11.9. The molecule has 3 nitrogen and oxygen atoms in total. The standard InChI is InChI=1S/C19H15NO2/c21-19(22-20-18-12-5-2-6-13-18)17-11-7-10-16(14-17)15-8-3-1-4-9-15/h1-14,20H. The molecule has 0 fully saturated rings. The molecule has 3 heteroatoms. The van der Waals surface area contributed by atoms with Gasteiger partial charge >= 0.3 is 5.97 Å². The summed E-state index contributed by atoms with van der Waals surface area (Å²) in [6, 6.07) is 26.6.